The first kappa shape index (κ1) is 19.0. The number of anilines is 1. The second kappa shape index (κ2) is 7.22. The number of aryl methyl sites for hydroxylation is 1. The van der Waals surface area contributed by atoms with Crippen LogP contribution in [-0.2, 0) is 19.6 Å². The van der Waals surface area contributed by atoms with E-state index in [1.807, 2.05) is 6.92 Å². The van der Waals surface area contributed by atoms with E-state index in [-0.39, 0.29) is 23.1 Å². The van der Waals surface area contributed by atoms with Crippen LogP contribution in [0.1, 0.15) is 12.0 Å². The van der Waals surface area contributed by atoms with Gasteiger partial charge >= 0.3 is 5.97 Å². The molecule has 0 amide bonds. The van der Waals surface area contributed by atoms with Crippen LogP contribution in [0.4, 0.5) is 5.82 Å². The van der Waals surface area contributed by atoms with Gasteiger partial charge in [-0.2, -0.15) is 14.5 Å². The number of hydrogen-bond donors (Lipinski definition) is 2. The Bertz CT molecular complexity index is 1180. The van der Waals surface area contributed by atoms with Crippen molar-refractivity contribution in [1.82, 2.24) is 29.5 Å². The number of sulfonamides is 1. The third-order valence-electron chi connectivity index (χ3n) is 4.45. The molecule has 0 bridgehead atoms. The number of cyclic esters (lactones) is 1. The van der Waals surface area contributed by atoms with Crippen LogP contribution >= 0.6 is 0 Å². The van der Waals surface area contributed by atoms with Gasteiger partial charge in [0, 0.05) is 12.0 Å². The zero-order chi connectivity index (χ0) is 20.6. The van der Waals surface area contributed by atoms with E-state index in [0.29, 0.717) is 17.7 Å². The fourth-order valence-corrected chi connectivity index (χ4v) is 4.15. The Labute approximate surface area is 166 Å². The highest BCUT2D eigenvalue weighted by Gasteiger charge is 2.31. The van der Waals surface area contributed by atoms with Gasteiger partial charge in [0.2, 0.25) is 10.0 Å². The van der Waals surface area contributed by atoms with Crippen LogP contribution in [0, 0.1) is 6.92 Å². The van der Waals surface area contributed by atoms with Gasteiger partial charge in [-0.3, -0.25) is 4.79 Å². The molecule has 1 aromatic carbocycles. The number of carbonyl (C=O) groups excluding carboxylic acids is 1. The second-order valence-corrected chi connectivity index (χ2v) is 8.12. The van der Waals surface area contributed by atoms with Gasteiger partial charge in [0.15, 0.2) is 11.6 Å². The predicted octanol–water partition coefficient (Wildman–Crippen LogP) is 0.209. The van der Waals surface area contributed by atoms with Gasteiger partial charge in [-0.15, -0.1) is 0 Å². The quantitative estimate of drug-likeness (QED) is 0.556. The Morgan fingerprint density at radius 1 is 1.34 bits per heavy atom. The lowest BCUT2D eigenvalue weighted by atomic mass is 10.1. The summed E-state index contributed by atoms with van der Waals surface area (Å²) in [6, 6.07) is 3.71. The van der Waals surface area contributed by atoms with Crippen molar-refractivity contribution >= 4 is 21.8 Å². The van der Waals surface area contributed by atoms with Gasteiger partial charge in [-0.05, 0) is 24.6 Å². The standard InChI is InChI=1S/C17H17N7O4S/c1-10-2-3-11(29(26,27)23-13-4-5-28-17(13)25)6-12(10)14-7-20-15(18)16(22-14)24-9-19-8-21-24/h2-3,6-9,13,23H,4-5H2,1H3,(H2,18,20). The first-order chi connectivity index (χ1) is 13.8. The molecule has 1 saturated heterocycles. The zero-order valence-electron chi connectivity index (χ0n) is 15.3. The van der Waals surface area contributed by atoms with Gasteiger partial charge in [0.1, 0.15) is 18.7 Å². The fraction of sp³-hybridized carbons (Fsp3) is 0.235. The van der Waals surface area contributed by atoms with Gasteiger partial charge in [0.25, 0.3) is 0 Å². The van der Waals surface area contributed by atoms with Crippen LogP contribution in [0.15, 0.2) is 41.9 Å². The van der Waals surface area contributed by atoms with Crippen LogP contribution in [0.3, 0.4) is 0 Å². The van der Waals surface area contributed by atoms with Crippen molar-refractivity contribution in [2.75, 3.05) is 12.3 Å². The van der Waals surface area contributed by atoms with Crippen molar-refractivity contribution in [2.45, 2.75) is 24.3 Å². The molecule has 1 atom stereocenters. The molecule has 2 aromatic heterocycles. The summed E-state index contributed by atoms with van der Waals surface area (Å²) in [7, 11) is -3.94. The molecule has 11 nitrogen and oxygen atoms in total. The minimum absolute atomic E-state index is 0.00118. The highest BCUT2D eigenvalue weighted by molar-refractivity contribution is 7.89. The van der Waals surface area contributed by atoms with Gasteiger partial charge in [-0.25, -0.2) is 23.4 Å². The minimum Gasteiger partial charge on any atom is -0.464 e. The number of ether oxygens (including phenoxy) is 1. The number of esters is 1. The molecule has 1 aliphatic heterocycles. The van der Waals surface area contributed by atoms with Crippen LogP contribution in [0.25, 0.3) is 17.1 Å². The molecule has 1 fully saturated rings. The maximum absolute atomic E-state index is 12.7. The molecule has 1 aliphatic rings. The number of nitrogens with one attached hydrogen (secondary N) is 1. The van der Waals surface area contributed by atoms with E-state index < -0.39 is 22.0 Å². The first-order valence-corrected chi connectivity index (χ1v) is 10.1. The molecule has 4 rings (SSSR count). The summed E-state index contributed by atoms with van der Waals surface area (Å²) in [5.41, 5.74) is 7.64. The number of carbonyl (C=O) groups is 1. The zero-order valence-corrected chi connectivity index (χ0v) is 16.1. The van der Waals surface area contributed by atoms with Crippen molar-refractivity contribution < 1.29 is 17.9 Å². The molecule has 29 heavy (non-hydrogen) atoms. The monoisotopic (exact) mass is 415 g/mol. The average Bonchev–Trinajstić information content (AvgIpc) is 3.35. The number of aromatic nitrogens is 5. The smallest absolute Gasteiger partial charge is 0.324 e. The second-order valence-electron chi connectivity index (χ2n) is 6.41. The number of rotatable bonds is 5. The van der Waals surface area contributed by atoms with Crippen molar-refractivity contribution in [1.29, 1.82) is 0 Å². The van der Waals surface area contributed by atoms with Crippen LogP contribution < -0.4 is 10.5 Å². The van der Waals surface area contributed by atoms with Crippen molar-refractivity contribution in [2.24, 2.45) is 0 Å². The molecular weight excluding hydrogens is 398 g/mol. The number of nitrogen functional groups attached to an aromatic ring is 1. The molecule has 3 N–H and O–H groups in total. The summed E-state index contributed by atoms with van der Waals surface area (Å²) in [4.78, 5) is 24.1. The van der Waals surface area contributed by atoms with Crippen LogP contribution in [0.2, 0.25) is 0 Å². The Kier molecular flexibility index (Phi) is 4.72. The summed E-state index contributed by atoms with van der Waals surface area (Å²) < 4.78 is 34.0. The summed E-state index contributed by atoms with van der Waals surface area (Å²) in [5.74, 6) is -0.149. The molecule has 12 heteroatoms. The van der Waals surface area contributed by atoms with Gasteiger partial charge in [0.05, 0.1) is 23.4 Å². The van der Waals surface area contributed by atoms with E-state index in [1.54, 1.807) is 6.07 Å². The largest absolute Gasteiger partial charge is 0.464 e. The fourth-order valence-electron chi connectivity index (χ4n) is 2.91. The van der Waals surface area contributed by atoms with E-state index in [2.05, 4.69) is 24.8 Å². The highest BCUT2D eigenvalue weighted by atomic mass is 32.2. The molecule has 1 unspecified atom stereocenters. The van der Waals surface area contributed by atoms with Crippen molar-refractivity contribution in [3.63, 3.8) is 0 Å². The minimum atomic E-state index is -3.94. The normalized spacial score (nSPS) is 16.7. The Morgan fingerprint density at radius 3 is 2.86 bits per heavy atom. The summed E-state index contributed by atoms with van der Waals surface area (Å²) >= 11 is 0. The Hall–Kier alpha value is -3.38. The Balaban J connectivity index is 1.73. The summed E-state index contributed by atoms with van der Waals surface area (Å²) in [6.45, 7) is 2.01. The lowest BCUT2D eigenvalue weighted by molar-refractivity contribution is -0.139. The molecule has 0 aliphatic carbocycles. The third kappa shape index (κ3) is 3.67. The highest BCUT2D eigenvalue weighted by Crippen LogP contribution is 2.26. The molecule has 3 heterocycles. The number of hydrogen-bond acceptors (Lipinski definition) is 9. The van der Waals surface area contributed by atoms with E-state index in [0.717, 1.165) is 5.56 Å². The van der Waals surface area contributed by atoms with E-state index in [4.69, 9.17) is 10.5 Å². The summed E-state index contributed by atoms with van der Waals surface area (Å²) in [6.07, 6.45) is 4.52. The number of benzene rings is 1. The maximum atomic E-state index is 12.7. The lowest BCUT2D eigenvalue weighted by Crippen LogP contribution is -2.37. The average molecular weight is 415 g/mol. The van der Waals surface area contributed by atoms with E-state index in [9.17, 15) is 13.2 Å². The van der Waals surface area contributed by atoms with Crippen molar-refractivity contribution in [3.05, 3.63) is 42.6 Å². The maximum Gasteiger partial charge on any atom is 0.324 e. The van der Waals surface area contributed by atoms with Crippen LogP contribution in [0.5, 0.6) is 0 Å². The predicted molar refractivity (Wildman–Crippen MR) is 101 cm³/mol. The third-order valence-corrected chi connectivity index (χ3v) is 5.91. The van der Waals surface area contributed by atoms with Crippen LogP contribution in [-0.4, -0.2) is 51.8 Å². The van der Waals surface area contributed by atoms with Gasteiger partial charge < -0.3 is 10.5 Å². The SMILES string of the molecule is Cc1ccc(S(=O)(=O)NC2CCOC2=O)cc1-c1cnc(N)c(-n2cncn2)n1. The Morgan fingerprint density at radius 2 is 2.17 bits per heavy atom. The molecule has 3 aromatic rings. The lowest BCUT2D eigenvalue weighted by Gasteiger charge is -2.13. The topological polar surface area (TPSA) is 155 Å². The molecule has 0 radical (unpaired) electrons. The molecule has 150 valence electrons. The molecule has 0 saturated carbocycles. The first-order valence-electron chi connectivity index (χ1n) is 8.62. The van der Waals surface area contributed by atoms with E-state index in [1.165, 1.54) is 35.7 Å². The van der Waals surface area contributed by atoms with E-state index >= 15 is 0 Å². The van der Waals surface area contributed by atoms with Crippen molar-refractivity contribution in [3.8, 4) is 17.1 Å². The number of nitrogens with two attached hydrogens (primary N) is 1. The van der Waals surface area contributed by atoms with Gasteiger partial charge in [-0.1, -0.05) is 6.07 Å². The summed E-state index contributed by atoms with van der Waals surface area (Å²) in [5, 5.41) is 4.00. The molecular formula is C17H17N7O4S. The molecule has 0 spiro atoms. The number of nitrogens with zero attached hydrogens (tertiary/aromatic N) is 5.